The molecule has 1 unspecified atom stereocenters. The second-order valence-corrected chi connectivity index (χ2v) is 6.40. The first-order chi connectivity index (χ1) is 8.90. The van der Waals surface area contributed by atoms with E-state index in [1.54, 1.807) is 13.1 Å². The van der Waals surface area contributed by atoms with Crippen molar-refractivity contribution < 1.29 is 12.8 Å². The Kier molecular flexibility index (Phi) is 5.90. The van der Waals surface area contributed by atoms with Gasteiger partial charge in [-0.3, -0.25) is 0 Å². The van der Waals surface area contributed by atoms with E-state index in [2.05, 4.69) is 10.0 Å². The van der Waals surface area contributed by atoms with Crippen LogP contribution in [0.15, 0.2) is 23.1 Å². The Balaban J connectivity index is 2.89. The van der Waals surface area contributed by atoms with Gasteiger partial charge in [0.2, 0.25) is 10.0 Å². The molecule has 1 atom stereocenters. The normalized spacial score (nSPS) is 13.5. The van der Waals surface area contributed by atoms with Gasteiger partial charge in [-0.2, -0.15) is 0 Å². The molecule has 0 bridgehead atoms. The van der Waals surface area contributed by atoms with E-state index in [9.17, 15) is 12.8 Å². The lowest BCUT2D eigenvalue weighted by molar-refractivity contribution is 0.521. The van der Waals surface area contributed by atoms with Gasteiger partial charge in [-0.1, -0.05) is 26.3 Å². The molecule has 0 spiro atoms. The first-order valence-corrected chi connectivity index (χ1v) is 7.81. The topological polar surface area (TPSA) is 58.2 Å². The molecule has 0 heterocycles. The van der Waals surface area contributed by atoms with E-state index in [1.807, 2.05) is 13.8 Å². The van der Waals surface area contributed by atoms with Crippen molar-refractivity contribution >= 4 is 10.0 Å². The molecule has 0 fully saturated rings. The van der Waals surface area contributed by atoms with Crippen molar-refractivity contribution in [1.29, 1.82) is 0 Å². The van der Waals surface area contributed by atoms with Gasteiger partial charge < -0.3 is 5.32 Å². The van der Waals surface area contributed by atoms with Crippen LogP contribution in [0.25, 0.3) is 0 Å². The fourth-order valence-corrected chi connectivity index (χ4v) is 2.77. The quantitative estimate of drug-likeness (QED) is 0.805. The summed E-state index contributed by atoms with van der Waals surface area (Å²) in [6, 6.07) is 4.16. The first kappa shape index (κ1) is 16.1. The van der Waals surface area contributed by atoms with Crippen LogP contribution in [-0.2, 0) is 16.6 Å². The lowest BCUT2D eigenvalue weighted by atomic mass is 10.1. The van der Waals surface area contributed by atoms with Crippen molar-refractivity contribution in [2.75, 3.05) is 13.6 Å². The van der Waals surface area contributed by atoms with Crippen LogP contribution >= 0.6 is 0 Å². The molecule has 0 saturated heterocycles. The van der Waals surface area contributed by atoms with Crippen molar-refractivity contribution in [1.82, 2.24) is 10.0 Å². The number of benzene rings is 1. The van der Waals surface area contributed by atoms with Gasteiger partial charge in [0.25, 0.3) is 0 Å². The fourth-order valence-electron chi connectivity index (χ4n) is 1.55. The minimum Gasteiger partial charge on any atom is -0.316 e. The zero-order valence-electron chi connectivity index (χ0n) is 11.5. The summed E-state index contributed by atoms with van der Waals surface area (Å²) in [6.07, 6.45) is 0.867. The minimum atomic E-state index is -3.77. The monoisotopic (exact) mass is 288 g/mol. The van der Waals surface area contributed by atoms with Crippen molar-refractivity contribution in [2.45, 2.75) is 31.7 Å². The first-order valence-electron chi connectivity index (χ1n) is 6.33. The van der Waals surface area contributed by atoms with Crippen LogP contribution in [0.3, 0.4) is 0 Å². The standard InChI is InChI=1S/C13H21FN2O2S/c1-4-10(2)8-16-19(17,18)13-6-5-11(9-15-3)7-12(13)14/h5-7,10,15-16H,4,8-9H2,1-3H3. The van der Waals surface area contributed by atoms with Crippen molar-refractivity contribution in [3.8, 4) is 0 Å². The zero-order valence-corrected chi connectivity index (χ0v) is 12.3. The van der Waals surface area contributed by atoms with E-state index in [4.69, 9.17) is 0 Å². The Labute approximate surface area is 114 Å². The predicted molar refractivity (Wildman–Crippen MR) is 73.8 cm³/mol. The number of hydrogen-bond donors (Lipinski definition) is 2. The fraction of sp³-hybridized carbons (Fsp3) is 0.538. The van der Waals surface area contributed by atoms with E-state index < -0.39 is 15.8 Å². The maximum atomic E-state index is 13.8. The van der Waals surface area contributed by atoms with Crippen LogP contribution in [0.5, 0.6) is 0 Å². The summed E-state index contributed by atoms with van der Waals surface area (Å²) < 4.78 is 40.2. The van der Waals surface area contributed by atoms with E-state index in [1.165, 1.54) is 12.1 Å². The highest BCUT2D eigenvalue weighted by Crippen LogP contribution is 2.16. The number of halogens is 1. The molecule has 1 aromatic rings. The number of rotatable bonds is 7. The van der Waals surface area contributed by atoms with Crippen LogP contribution in [0.4, 0.5) is 4.39 Å². The Morgan fingerprint density at radius 2 is 2.05 bits per heavy atom. The Morgan fingerprint density at radius 1 is 1.37 bits per heavy atom. The Hall–Kier alpha value is -0.980. The Morgan fingerprint density at radius 3 is 2.58 bits per heavy atom. The SMILES string of the molecule is CCC(C)CNS(=O)(=O)c1ccc(CNC)cc1F. The molecule has 0 aliphatic heterocycles. The van der Waals surface area contributed by atoms with Gasteiger partial charge >= 0.3 is 0 Å². The highest BCUT2D eigenvalue weighted by molar-refractivity contribution is 7.89. The maximum absolute atomic E-state index is 13.8. The predicted octanol–water partition coefficient (Wildman–Crippen LogP) is 1.87. The van der Waals surface area contributed by atoms with E-state index in [0.29, 0.717) is 18.7 Å². The van der Waals surface area contributed by atoms with Crippen molar-refractivity contribution in [3.05, 3.63) is 29.6 Å². The lowest BCUT2D eigenvalue weighted by Crippen LogP contribution is -2.29. The average molecular weight is 288 g/mol. The third kappa shape index (κ3) is 4.56. The molecule has 0 amide bonds. The van der Waals surface area contributed by atoms with Gasteiger partial charge in [0.1, 0.15) is 10.7 Å². The molecular weight excluding hydrogens is 267 g/mol. The van der Waals surface area contributed by atoms with Crippen molar-refractivity contribution in [3.63, 3.8) is 0 Å². The van der Waals surface area contributed by atoms with Gasteiger partial charge in [0.15, 0.2) is 0 Å². The van der Waals surface area contributed by atoms with Gasteiger partial charge in [0.05, 0.1) is 0 Å². The van der Waals surface area contributed by atoms with Crippen LogP contribution in [0.1, 0.15) is 25.8 Å². The molecule has 0 aliphatic carbocycles. The summed E-state index contributed by atoms with van der Waals surface area (Å²) in [5, 5.41) is 2.89. The zero-order chi connectivity index (χ0) is 14.5. The van der Waals surface area contributed by atoms with Crippen molar-refractivity contribution in [2.24, 2.45) is 5.92 Å². The van der Waals surface area contributed by atoms with E-state index >= 15 is 0 Å². The molecule has 4 nitrogen and oxygen atoms in total. The minimum absolute atomic E-state index is 0.224. The maximum Gasteiger partial charge on any atom is 0.243 e. The van der Waals surface area contributed by atoms with Crippen LogP contribution in [0.2, 0.25) is 0 Å². The Bertz CT molecular complexity index is 517. The summed E-state index contributed by atoms with van der Waals surface area (Å²) in [4.78, 5) is -0.296. The van der Waals surface area contributed by atoms with Gasteiger partial charge in [0, 0.05) is 13.1 Å². The molecule has 108 valence electrons. The van der Waals surface area contributed by atoms with Gasteiger partial charge in [-0.25, -0.2) is 17.5 Å². The second-order valence-electron chi connectivity index (χ2n) is 4.66. The largest absolute Gasteiger partial charge is 0.316 e. The second kappa shape index (κ2) is 6.98. The third-order valence-electron chi connectivity index (χ3n) is 2.99. The van der Waals surface area contributed by atoms with Crippen LogP contribution < -0.4 is 10.0 Å². The highest BCUT2D eigenvalue weighted by Gasteiger charge is 2.19. The van der Waals surface area contributed by atoms with Gasteiger partial charge in [-0.05, 0) is 30.7 Å². The molecule has 1 rings (SSSR count). The molecule has 0 aromatic heterocycles. The molecule has 0 aliphatic rings. The average Bonchev–Trinajstić information content (AvgIpc) is 2.36. The number of sulfonamides is 1. The van der Waals surface area contributed by atoms with Gasteiger partial charge in [-0.15, -0.1) is 0 Å². The van der Waals surface area contributed by atoms with E-state index in [-0.39, 0.29) is 10.8 Å². The van der Waals surface area contributed by atoms with Crippen LogP contribution in [-0.4, -0.2) is 22.0 Å². The summed E-state index contributed by atoms with van der Waals surface area (Å²) >= 11 is 0. The summed E-state index contributed by atoms with van der Waals surface area (Å²) in [5.74, 6) is -0.495. The highest BCUT2D eigenvalue weighted by atomic mass is 32.2. The summed E-state index contributed by atoms with van der Waals surface area (Å²) in [6.45, 7) is 4.73. The molecule has 19 heavy (non-hydrogen) atoms. The van der Waals surface area contributed by atoms with Crippen LogP contribution in [0, 0.1) is 11.7 Å². The summed E-state index contributed by atoms with van der Waals surface area (Å²) in [7, 11) is -2.03. The number of hydrogen-bond acceptors (Lipinski definition) is 3. The summed E-state index contributed by atoms with van der Waals surface area (Å²) in [5.41, 5.74) is 0.709. The third-order valence-corrected chi connectivity index (χ3v) is 4.44. The molecule has 6 heteroatoms. The number of nitrogens with one attached hydrogen (secondary N) is 2. The lowest BCUT2D eigenvalue weighted by Gasteiger charge is -2.12. The molecule has 2 N–H and O–H groups in total. The molecular formula is C13H21FN2O2S. The van der Waals surface area contributed by atoms with E-state index in [0.717, 1.165) is 6.42 Å². The smallest absolute Gasteiger partial charge is 0.243 e. The molecule has 1 aromatic carbocycles. The molecule has 0 saturated carbocycles. The molecule has 0 radical (unpaired) electrons.